The van der Waals surface area contributed by atoms with Crippen LogP contribution in [0, 0.1) is 5.82 Å². The van der Waals surface area contributed by atoms with Gasteiger partial charge in [0, 0.05) is 11.1 Å². The number of ether oxygens (including phenoxy) is 1. The van der Waals surface area contributed by atoms with Gasteiger partial charge in [0.25, 0.3) is 0 Å². The molecule has 0 aliphatic heterocycles. The molecule has 2 rings (SSSR count). The van der Waals surface area contributed by atoms with Crippen molar-refractivity contribution in [2.24, 2.45) is 0 Å². The highest BCUT2D eigenvalue weighted by Gasteiger charge is 2.43. The maximum Gasteiger partial charge on any atom is 0.411 e. The van der Waals surface area contributed by atoms with Crippen LogP contribution < -0.4 is 0 Å². The van der Waals surface area contributed by atoms with Crippen LogP contribution in [-0.2, 0) is 9.53 Å². The Morgan fingerprint density at radius 1 is 1.35 bits per heavy atom. The maximum absolute atomic E-state index is 13.6. The van der Waals surface area contributed by atoms with Crippen molar-refractivity contribution in [1.82, 2.24) is 4.90 Å². The number of benzene rings is 1. The summed E-state index contributed by atoms with van der Waals surface area (Å²) in [5.41, 5.74) is -0.646. The molecule has 1 saturated carbocycles. The Morgan fingerprint density at radius 2 is 1.96 bits per heavy atom. The number of carboxylic acids is 1. The first-order chi connectivity index (χ1) is 10.6. The first kappa shape index (κ1) is 17.5. The summed E-state index contributed by atoms with van der Waals surface area (Å²) in [7, 11) is 0. The Morgan fingerprint density at radius 3 is 2.39 bits per heavy atom. The van der Waals surface area contributed by atoms with Crippen molar-refractivity contribution in [3.8, 4) is 0 Å². The first-order valence-electron chi connectivity index (χ1n) is 7.28. The lowest BCUT2D eigenvalue weighted by Crippen LogP contribution is -2.43. The number of nitrogens with zero attached hydrogens (tertiary/aromatic N) is 1. The van der Waals surface area contributed by atoms with E-state index >= 15 is 0 Å². The molecule has 7 heteroatoms. The van der Waals surface area contributed by atoms with E-state index in [1.54, 1.807) is 20.8 Å². The third-order valence-electron chi connectivity index (χ3n) is 3.26. The van der Waals surface area contributed by atoms with Crippen molar-refractivity contribution in [2.45, 2.75) is 51.3 Å². The van der Waals surface area contributed by atoms with Crippen molar-refractivity contribution in [2.75, 3.05) is 0 Å². The number of carbonyl (C=O) groups is 2. The molecule has 0 bridgehead atoms. The molecule has 1 aromatic rings. The lowest BCUT2D eigenvalue weighted by Gasteiger charge is -2.31. The summed E-state index contributed by atoms with van der Waals surface area (Å²) in [5, 5.41) is 9.66. The lowest BCUT2D eigenvalue weighted by molar-refractivity contribution is -0.143. The molecule has 0 spiro atoms. The summed E-state index contributed by atoms with van der Waals surface area (Å²) in [6.07, 6.45) is 0.644. The van der Waals surface area contributed by atoms with Crippen molar-refractivity contribution in [3.63, 3.8) is 0 Å². The summed E-state index contributed by atoms with van der Waals surface area (Å²) in [4.78, 5) is 25.4. The fourth-order valence-electron chi connectivity index (χ4n) is 2.29. The lowest BCUT2D eigenvalue weighted by atomic mass is 10.1. The minimum atomic E-state index is -1.34. The molecule has 0 aromatic heterocycles. The zero-order chi connectivity index (χ0) is 17.4. The van der Waals surface area contributed by atoms with Crippen LogP contribution in [0.2, 0.25) is 5.02 Å². The molecule has 0 heterocycles. The van der Waals surface area contributed by atoms with Gasteiger partial charge in [0.05, 0.1) is 0 Å². The van der Waals surface area contributed by atoms with Crippen LogP contribution in [0.25, 0.3) is 0 Å². The van der Waals surface area contributed by atoms with Gasteiger partial charge >= 0.3 is 12.1 Å². The standard InChI is InChI=1S/C16H19ClFNO4/c1-16(2,3)23-15(22)19(12-4-5-12)13(14(20)21)9-6-10(17)8-11(18)7-9/h6-8,12-13H,4-5H2,1-3H3,(H,20,21). The number of rotatable bonds is 4. The van der Waals surface area contributed by atoms with Crippen LogP contribution in [0.15, 0.2) is 18.2 Å². The van der Waals surface area contributed by atoms with Gasteiger partial charge in [-0.15, -0.1) is 0 Å². The monoisotopic (exact) mass is 343 g/mol. The van der Waals surface area contributed by atoms with Crippen LogP contribution in [0.1, 0.15) is 45.2 Å². The van der Waals surface area contributed by atoms with Crippen LogP contribution in [0.5, 0.6) is 0 Å². The van der Waals surface area contributed by atoms with Gasteiger partial charge in [0.15, 0.2) is 6.04 Å². The number of amides is 1. The minimum absolute atomic E-state index is 0.0752. The zero-order valence-electron chi connectivity index (χ0n) is 13.2. The fourth-order valence-corrected chi connectivity index (χ4v) is 2.52. The van der Waals surface area contributed by atoms with Crippen LogP contribution in [-0.4, -0.2) is 33.7 Å². The average molecular weight is 344 g/mol. The Kier molecular flexibility index (Phi) is 4.84. The van der Waals surface area contributed by atoms with Gasteiger partial charge in [-0.3, -0.25) is 4.90 Å². The highest BCUT2D eigenvalue weighted by molar-refractivity contribution is 6.30. The van der Waals surface area contributed by atoms with E-state index in [1.165, 1.54) is 11.0 Å². The second-order valence-electron chi connectivity index (χ2n) is 6.56. The molecule has 126 valence electrons. The summed E-state index contributed by atoms with van der Waals surface area (Å²) in [5.74, 6) is -1.91. The second kappa shape index (κ2) is 6.35. The molecule has 23 heavy (non-hydrogen) atoms. The Bertz CT molecular complexity index is 605. The second-order valence-corrected chi connectivity index (χ2v) is 7.00. The Balaban J connectivity index is 2.40. The Labute approximate surface area is 139 Å². The predicted molar refractivity (Wildman–Crippen MR) is 82.9 cm³/mol. The van der Waals surface area contributed by atoms with E-state index in [9.17, 15) is 19.1 Å². The van der Waals surface area contributed by atoms with Gasteiger partial charge in [0.2, 0.25) is 0 Å². The van der Waals surface area contributed by atoms with Crippen molar-refractivity contribution < 1.29 is 23.8 Å². The van der Waals surface area contributed by atoms with Gasteiger partial charge in [-0.2, -0.15) is 0 Å². The summed E-state index contributed by atoms with van der Waals surface area (Å²) in [6.45, 7) is 5.10. The van der Waals surface area contributed by atoms with Crippen LogP contribution in [0.4, 0.5) is 9.18 Å². The summed E-state index contributed by atoms with van der Waals surface area (Å²) in [6, 6.07) is 1.94. The Hall–Kier alpha value is -1.82. The molecule has 1 amide bonds. The largest absolute Gasteiger partial charge is 0.479 e. The van der Waals surface area contributed by atoms with Crippen molar-refractivity contribution in [1.29, 1.82) is 0 Å². The molecule has 1 atom stereocenters. The van der Waals surface area contributed by atoms with Crippen molar-refractivity contribution >= 4 is 23.7 Å². The number of aliphatic carboxylic acids is 1. The third-order valence-corrected chi connectivity index (χ3v) is 3.48. The molecule has 5 nitrogen and oxygen atoms in total. The SMILES string of the molecule is CC(C)(C)OC(=O)N(C1CC1)C(C(=O)O)c1cc(F)cc(Cl)c1. The van der Waals surface area contributed by atoms with E-state index in [1.807, 2.05) is 0 Å². The molecule has 1 aliphatic rings. The third kappa shape index (κ3) is 4.58. The molecule has 1 unspecified atom stereocenters. The number of hydrogen-bond acceptors (Lipinski definition) is 3. The molecule has 1 fully saturated rings. The summed E-state index contributed by atoms with van der Waals surface area (Å²) >= 11 is 5.82. The first-order valence-corrected chi connectivity index (χ1v) is 7.66. The smallest absolute Gasteiger partial charge is 0.411 e. The van der Waals surface area contributed by atoms with Crippen LogP contribution >= 0.6 is 11.6 Å². The van der Waals surface area contributed by atoms with Crippen LogP contribution in [0.3, 0.4) is 0 Å². The van der Waals surface area contributed by atoms with E-state index in [0.717, 1.165) is 12.1 Å². The number of halogens is 2. The topological polar surface area (TPSA) is 66.8 Å². The molecule has 0 saturated heterocycles. The maximum atomic E-state index is 13.6. The van der Waals surface area contributed by atoms with E-state index in [0.29, 0.717) is 12.8 Å². The van der Waals surface area contributed by atoms with Gasteiger partial charge in [0.1, 0.15) is 11.4 Å². The van der Waals surface area contributed by atoms with Gasteiger partial charge in [-0.05, 0) is 57.4 Å². The van der Waals surface area contributed by atoms with E-state index in [-0.39, 0.29) is 16.6 Å². The minimum Gasteiger partial charge on any atom is -0.479 e. The normalized spacial score (nSPS) is 15.9. The number of carbonyl (C=O) groups excluding carboxylic acids is 1. The van der Waals surface area contributed by atoms with E-state index in [4.69, 9.17) is 16.3 Å². The molecule has 1 N–H and O–H groups in total. The van der Waals surface area contributed by atoms with Gasteiger partial charge in [-0.25, -0.2) is 14.0 Å². The molecular formula is C16H19ClFNO4. The van der Waals surface area contributed by atoms with Crippen molar-refractivity contribution in [3.05, 3.63) is 34.6 Å². The fraction of sp³-hybridized carbons (Fsp3) is 0.500. The van der Waals surface area contributed by atoms with Gasteiger partial charge < -0.3 is 9.84 Å². The molecular weight excluding hydrogens is 325 g/mol. The van der Waals surface area contributed by atoms with Gasteiger partial charge in [-0.1, -0.05) is 11.6 Å². The average Bonchev–Trinajstić information content (AvgIpc) is 3.15. The highest BCUT2D eigenvalue weighted by atomic mass is 35.5. The quantitative estimate of drug-likeness (QED) is 0.897. The highest BCUT2D eigenvalue weighted by Crippen LogP contribution is 2.36. The number of carboxylic acid groups (broad SMARTS) is 1. The predicted octanol–water partition coefficient (Wildman–Crippen LogP) is 4.00. The van der Waals surface area contributed by atoms with E-state index in [2.05, 4.69) is 0 Å². The summed E-state index contributed by atoms with van der Waals surface area (Å²) < 4.78 is 18.9. The zero-order valence-corrected chi connectivity index (χ0v) is 13.9. The number of hydrogen-bond donors (Lipinski definition) is 1. The molecule has 1 aromatic carbocycles. The molecule has 1 aliphatic carbocycles. The van der Waals surface area contributed by atoms with E-state index < -0.39 is 29.5 Å². The molecule has 0 radical (unpaired) electrons.